The molecular formula is C43H38O6. The number of aryl methyl sites for hydroxylation is 1. The molecule has 0 bridgehead atoms. The quantitative estimate of drug-likeness (QED) is 0.0516. The number of rotatable bonds is 14. The molecule has 0 aliphatic carbocycles. The fourth-order valence-electron chi connectivity index (χ4n) is 5.38. The van der Waals surface area contributed by atoms with Gasteiger partial charge >= 0.3 is 11.9 Å². The van der Waals surface area contributed by atoms with Gasteiger partial charge in [0.2, 0.25) is 0 Å². The molecule has 6 nitrogen and oxygen atoms in total. The molecule has 0 saturated heterocycles. The second kappa shape index (κ2) is 16.7. The molecule has 0 spiro atoms. The number of ketones is 1. The lowest BCUT2D eigenvalue weighted by molar-refractivity contribution is -0.131. The van der Waals surface area contributed by atoms with Gasteiger partial charge in [-0.1, -0.05) is 117 Å². The van der Waals surface area contributed by atoms with E-state index >= 15 is 0 Å². The van der Waals surface area contributed by atoms with E-state index in [-0.39, 0.29) is 12.2 Å². The molecular weight excluding hydrogens is 612 g/mol. The van der Waals surface area contributed by atoms with Crippen LogP contribution in [0, 0.1) is 0 Å². The Morgan fingerprint density at radius 3 is 1.82 bits per heavy atom. The summed E-state index contributed by atoms with van der Waals surface area (Å²) in [6.45, 7) is 7.49. The Labute approximate surface area is 287 Å². The number of carbonyl (C=O) groups excluding carboxylic acids is 3. The Hall–Kier alpha value is -6.01. The molecule has 6 heteroatoms. The standard InChI is InChI=1S/C43H38O6/c1-4-32-15-20-34(21-16-32)30(2)47-39-25-18-33(19-26-39)17-24-38(45)29-41(35-11-7-5-8-12-35)42(36-13-9-6-10-14-36)49-43(46)37-22-27-40(28-23-37)48-31(3)44/h5-28,41-42H,2,4,29H2,1,3H3/b24-17+/t41-,42-/m1/s1. The molecule has 0 aromatic heterocycles. The summed E-state index contributed by atoms with van der Waals surface area (Å²) in [5, 5.41) is 0. The first-order valence-corrected chi connectivity index (χ1v) is 16.2. The first kappa shape index (κ1) is 34.3. The van der Waals surface area contributed by atoms with Crippen molar-refractivity contribution < 1.29 is 28.6 Å². The molecule has 0 aliphatic heterocycles. The van der Waals surface area contributed by atoms with Crippen LogP contribution in [0.25, 0.3) is 11.8 Å². The molecule has 49 heavy (non-hydrogen) atoms. The molecule has 5 rings (SSSR count). The summed E-state index contributed by atoms with van der Waals surface area (Å²) in [4.78, 5) is 38.3. The van der Waals surface area contributed by atoms with Crippen molar-refractivity contribution in [2.75, 3.05) is 0 Å². The smallest absolute Gasteiger partial charge is 0.338 e. The maximum atomic E-state index is 13.5. The van der Waals surface area contributed by atoms with Gasteiger partial charge in [-0.05, 0) is 71.1 Å². The molecule has 0 unspecified atom stereocenters. The third-order valence-electron chi connectivity index (χ3n) is 7.99. The Bertz CT molecular complexity index is 1890. The SMILES string of the molecule is C=C(Oc1ccc(/C=C/C(=O)C[C@H](c2ccccc2)[C@H](OC(=O)c2ccc(OC(C)=O)cc2)c2ccccc2)cc1)c1ccc(CC)cc1. The summed E-state index contributed by atoms with van der Waals surface area (Å²) in [5.41, 5.74) is 4.91. The average Bonchev–Trinajstić information content (AvgIpc) is 3.13. The number of hydrogen-bond acceptors (Lipinski definition) is 6. The summed E-state index contributed by atoms with van der Waals surface area (Å²) in [6, 6.07) is 40.7. The monoisotopic (exact) mass is 650 g/mol. The summed E-state index contributed by atoms with van der Waals surface area (Å²) < 4.78 is 17.2. The lowest BCUT2D eigenvalue weighted by atomic mass is 9.85. The number of esters is 2. The Morgan fingerprint density at radius 1 is 0.673 bits per heavy atom. The van der Waals surface area contributed by atoms with Crippen LogP contribution in [-0.4, -0.2) is 17.7 Å². The fourth-order valence-corrected chi connectivity index (χ4v) is 5.38. The Morgan fingerprint density at radius 2 is 1.22 bits per heavy atom. The minimum absolute atomic E-state index is 0.0938. The maximum absolute atomic E-state index is 13.5. The van der Waals surface area contributed by atoms with Crippen LogP contribution in [0.5, 0.6) is 11.5 Å². The molecule has 5 aromatic carbocycles. The molecule has 0 radical (unpaired) electrons. The molecule has 0 aliphatic rings. The third kappa shape index (κ3) is 9.75. The fraction of sp³-hybridized carbons (Fsp3) is 0.140. The first-order valence-electron chi connectivity index (χ1n) is 16.2. The van der Waals surface area contributed by atoms with Crippen molar-refractivity contribution in [3.63, 3.8) is 0 Å². The maximum Gasteiger partial charge on any atom is 0.338 e. The van der Waals surface area contributed by atoms with E-state index in [2.05, 4.69) is 25.6 Å². The predicted octanol–water partition coefficient (Wildman–Crippen LogP) is 9.58. The van der Waals surface area contributed by atoms with Gasteiger partial charge in [0.25, 0.3) is 0 Å². The van der Waals surface area contributed by atoms with E-state index in [4.69, 9.17) is 14.2 Å². The van der Waals surface area contributed by atoms with E-state index in [1.54, 1.807) is 36.4 Å². The second-order valence-electron chi connectivity index (χ2n) is 11.5. The zero-order valence-electron chi connectivity index (χ0n) is 27.6. The Balaban J connectivity index is 1.31. The van der Waals surface area contributed by atoms with E-state index in [0.717, 1.165) is 28.7 Å². The van der Waals surface area contributed by atoms with Crippen molar-refractivity contribution in [1.82, 2.24) is 0 Å². The van der Waals surface area contributed by atoms with Crippen LogP contribution >= 0.6 is 0 Å². The second-order valence-corrected chi connectivity index (χ2v) is 11.5. The minimum Gasteiger partial charge on any atom is -0.457 e. The van der Waals surface area contributed by atoms with Crippen molar-refractivity contribution in [3.05, 3.63) is 179 Å². The largest absolute Gasteiger partial charge is 0.457 e. The molecule has 0 amide bonds. The molecule has 5 aromatic rings. The number of carbonyl (C=O) groups is 3. The van der Waals surface area contributed by atoms with Crippen LogP contribution in [0.2, 0.25) is 0 Å². The van der Waals surface area contributed by atoms with Gasteiger partial charge in [-0.2, -0.15) is 0 Å². The van der Waals surface area contributed by atoms with Crippen LogP contribution in [0.1, 0.15) is 70.5 Å². The lowest BCUT2D eigenvalue weighted by Crippen LogP contribution is -2.21. The van der Waals surface area contributed by atoms with Gasteiger partial charge in [0.05, 0.1) is 5.56 Å². The lowest BCUT2D eigenvalue weighted by Gasteiger charge is -2.27. The molecule has 0 fully saturated rings. The highest BCUT2D eigenvalue weighted by Gasteiger charge is 2.30. The normalized spacial score (nSPS) is 12.1. The third-order valence-corrected chi connectivity index (χ3v) is 7.99. The van der Waals surface area contributed by atoms with Gasteiger partial charge in [0.15, 0.2) is 5.78 Å². The highest BCUT2D eigenvalue weighted by atomic mass is 16.5. The van der Waals surface area contributed by atoms with Gasteiger partial charge in [-0.3, -0.25) is 9.59 Å². The number of hydrogen-bond donors (Lipinski definition) is 0. The van der Waals surface area contributed by atoms with Gasteiger partial charge in [0.1, 0.15) is 23.4 Å². The van der Waals surface area contributed by atoms with E-state index in [9.17, 15) is 14.4 Å². The average molecular weight is 651 g/mol. The van der Waals surface area contributed by atoms with Gasteiger partial charge in [-0.25, -0.2) is 4.79 Å². The predicted molar refractivity (Wildman–Crippen MR) is 192 cm³/mol. The topological polar surface area (TPSA) is 78.9 Å². The van der Waals surface area contributed by atoms with Crippen molar-refractivity contribution in [1.29, 1.82) is 0 Å². The van der Waals surface area contributed by atoms with E-state index in [1.807, 2.05) is 97.1 Å². The Kier molecular flexibility index (Phi) is 11.7. The zero-order chi connectivity index (χ0) is 34.6. The molecule has 246 valence electrons. The van der Waals surface area contributed by atoms with Gasteiger partial charge in [-0.15, -0.1) is 0 Å². The van der Waals surface area contributed by atoms with Crippen molar-refractivity contribution >= 4 is 29.6 Å². The number of ether oxygens (including phenoxy) is 3. The van der Waals surface area contributed by atoms with Crippen LogP contribution in [-0.2, 0) is 20.7 Å². The highest BCUT2D eigenvalue weighted by Crippen LogP contribution is 2.38. The number of allylic oxidation sites excluding steroid dienone is 1. The molecule has 0 saturated carbocycles. The zero-order valence-corrected chi connectivity index (χ0v) is 27.6. The van der Waals surface area contributed by atoms with Gasteiger partial charge < -0.3 is 14.2 Å². The van der Waals surface area contributed by atoms with Gasteiger partial charge in [0, 0.05) is 24.8 Å². The first-order chi connectivity index (χ1) is 23.8. The molecule has 0 heterocycles. The van der Waals surface area contributed by atoms with E-state index < -0.39 is 24.0 Å². The van der Waals surface area contributed by atoms with Crippen LogP contribution in [0.3, 0.4) is 0 Å². The summed E-state index contributed by atoms with van der Waals surface area (Å²) in [5.74, 6) is -0.0838. The van der Waals surface area contributed by atoms with Crippen LogP contribution in [0.4, 0.5) is 0 Å². The minimum atomic E-state index is -0.760. The van der Waals surface area contributed by atoms with E-state index in [0.29, 0.717) is 22.8 Å². The summed E-state index contributed by atoms with van der Waals surface area (Å²) in [6.07, 6.45) is 3.62. The van der Waals surface area contributed by atoms with Crippen molar-refractivity contribution in [3.8, 4) is 11.5 Å². The van der Waals surface area contributed by atoms with Crippen molar-refractivity contribution in [2.24, 2.45) is 0 Å². The molecule has 2 atom stereocenters. The van der Waals surface area contributed by atoms with Crippen LogP contribution in [0.15, 0.2) is 146 Å². The number of benzene rings is 5. The van der Waals surface area contributed by atoms with E-state index in [1.165, 1.54) is 12.5 Å². The highest BCUT2D eigenvalue weighted by molar-refractivity contribution is 5.94. The summed E-state index contributed by atoms with van der Waals surface area (Å²) in [7, 11) is 0. The van der Waals surface area contributed by atoms with Crippen molar-refractivity contribution in [2.45, 2.75) is 38.7 Å². The summed E-state index contributed by atoms with van der Waals surface area (Å²) >= 11 is 0. The van der Waals surface area contributed by atoms with Crippen LogP contribution < -0.4 is 9.47 Å². The molecule has 0 N–H and O–H groups in total.